The fourth-order valence-electron chi connectivity index (χ4n) is 2.43. The first-order chi connectivity index (χ1) is 9.94. The highest BCUT2D eigenvalue weighted by Gasteiger charge is 2.29. The van der Waals surface area contributed by atoms with Crippen LogP contribution in [0.25, 0.3) is 0 Å². The lowest BCUT2D eigenvalue weighted by Gasteiger charge is -2.31. The molecule has 1 aliphatic rings. The smallest absolute Gasteiger partial charge is 0.356 e. The molecule has 0 unspecified atom stereocenters. The van der Waals surface area contributed by atoms with Gasteiger partial charge in [0.15, 0.2) is 9.90 Å². The maximum absolute atomic E-state index is 12.3. The van der Waals surface area contributed by atoms with Gasteiger partial charge >= 0.3 is 5.97 Å². The standard InChI is InChI=1S/C12H19N3O4S2/c1-2-5-15-6-3-9(4-7-15)14-21(18,19)12-10(11(16)17)13-8-20-12/h8-9,14H,2-7H2,1H3,(H,16,17). The van der Waals surface area contributed by atoms with Crippen LogP contribution < -0.4 is 4.72 Å². The van der Waals surface area contributed by atoms with Crippen LogP contribution in [0.4, 0.5) is 0 Å². The normalized spacial score (nSPS) is 18.0. The SMILES string of the molecule is CCCN1CCC(NS(=O)(=O)c2scnc2C(=O)O)CC1. The fraction of sp³-hybridized carbons (Fsp3) is 0.667. The molecule has 0 amide bonds. The molecular formula is C12H19N3O4S2. The number of carbonyl (C=O) groups is 1. The summed E-state index contributed by atoms with van der Waals surface area (Å²) in [6.45, 7) is 4.86. The van der Waals surface area contributed by atoms with Gasteiger partial charge in [0, 0.05) is 6.04 Å². The Kier molecular flexibility index (Phi) is 5.31. The van der Waals surface area contributed by atoms with Gasteiger partial charge in [0.25, 0.3) is 10.0 Å². The van der Waals surface area contributed by atoms with Crippen LogP contribution in [0.5, 0.6) is 0 Å². The number of rotatable bonds is 6. The van der Waals surface area contributed by atoms with Crippen LogP contribution in [-0.2, 0) is 10.0 Å². The van der Waals surface area contributed by atoms with E-state index in [1.807, 2.05) is 0 Å². The first-order valence-electron chi connectivity index (χ1n) is 6.85. The molecule has 1 fully saturated rings. The van der Waals surface area contributed by atoms with Crippen molar-refractivity contribution < 1.29 is 18.3 Å². The maximum Gasteiger partial charge on any atom is 0.356 e. The number of nitrogens with zero attached hydrogens (tertiary/aromatic N) is 2. The Labute approximate surface area is 128 Å². The van der Waals surface area contributed by atoms with Crippen LogP contribution in [0.15, 0.2) is 9.72 Å². The number of piperidine rings is 1. The lowest BCUT2D eigenvalue weighted by Crippen LogP contribution is -2.44. The number of hydrogen-bond acceptors (Lipinski definition) is 6. The van der Waals surface area contributed by atoms with Crippen molar-refractivity contribution >= 4 is 27.3 Å². The largest absolute Gasteiger partial charge is 0.476 e. The van der Waals surface area contributed by atoms with Crippen LogP contribution in [0.3, 0.4) is 0 Å². The van der Waals surface area contributed by atoms with Gasteiger partial charge in [0.1, 0.15) is 0 Å². The Hall–Kier alpha value is -1.03. The van der Waals surface area contributed by atoms with Gasteiger partial charge in [-0.1, -0.05) is 6.92 Å². The monoisotopic (exact) mass is 333 g/mol. The number of nitrogens with one attached hydrogen (secondary N) is 1. The van der Waals surface area contributed by atoms with E-state index in [9.17, 15) is 13.2 Å². The summed E-state index contributed by atoms with van der Waals surface area (Å²) in [6, 6.07) is -0.146. The molecule has 0 atom stereocenters. The fourth-order valence-corrected chi connectivity index (χ4v) is 4.89. The van der Waals surface area contributed by atoms with Crippen molar-refractivity contribution in [2.75, 3.05) is 19.6 Å². The van der Waals surface area contributed by atoms with Crippen molar-refractivity contribution in [1.29, 1.82) is 0 Å². The van der Waals surface area contributed by atoms with E-state index in [-0.39, 0.29) is 10.3 Å². The minimum absolute atomic E-state index is 0.146. The molecule has 21 heavy (non-hydrogen) atoms. The van der Waals surface area contributed by atoms with Gasteiger partial charge in [0.05, 0.1) is 5.51 Å². The predicted molar refractivity (Wildman–Crippen MR) is 79.1 cm³/mol. The molecular weight excluding hydrogens is 314 g/mol. The highest BCUT2D eigenvalue weighted by atomic mass is 32.2. The zero-order valence-corrected chi connectivity index (χ0v) is 13.4. The molecule has 1 aromatic heterocycles. The Balaban J connectivity index is 2.02. The topological polar surface area (TPSA) is 99.6 Å². The molecule has 0 aromatic carbocycles. The summed E-state index contributed by atoms with van der Waals surface area (Å²) in [5.41, 5.74) is 0.831. The molecule has 0 radical (unpaired) electrons. The Morgan fingerprint density at radius 2 is 2.19 bits per heavy atom. The van der Waals surface area contributed by atoms with E-state index in [2.05, 4.69) is 21.5 Å². The molecule has 118 valence electrons. The van der Waals surface area contributed by atoms with Gasteiger partial charge in [-0.25, -0.2) is 22.9 Å². The van der Waals surface area contributed by atoms with Crippen molar-refractivity contribution in [3.63, 3.8) is 0 Å². The van der Waals surface area contributed by atoms with E-state index < -0.39 is 21.7 Å². The van der Waals surface area contributed by atoms with E-state index in [0.717, 1.165) is 50.2 Å². The molecule has 9 heteroatoms. The molecule has 2 heterocycles. The van der Waals surface area contributed by atoms with Gasteiger partial charge in [-0.05, 0) is 38.9 Å². The summed E-state index contributed by atoms with van der Waals surface area (Å²) in [5, 5.41) is 8.96. The molecule has 0 aliphatic carbocycles. The zero-order chi connectivity index (χ0) is 15.5. The summed E-state index contributed by atoms with van der Waals surface area (Å²) >= 11 is 0.829. The molecule has 2 N–H and O–H groups in total. The third-order valence-corrected chi connectivity index (χ3v) is 6.32. The van der Waals surface area contributed by atoms with Crippen LogP contribution in [0, 0.1) is 0 Å². The average molecular weight is 333 g/mol. The van der Waals surface area contributed by atoms with Crippen molar-refractivity contribution in [1.82, 2.24) is 14.6 Å². The average Bonchev–Trinajstić information content (AvgIpc) is 2.91. The lowest BCUT2D eigenvalue weighted by atomic mass is 10.1. The van der Waals surface area contributed by atoms with E-state index >= 15 is 0 Å². The summed E-state index contributed by atoms with van der Waals surface area (Å²) in [5.74, 6) is -1.32. The molecule has 2 rings (SSSR count). The summed E-state index contributed by atoms with van der Waals surface area (Å²) in [6.07, 6.45) is 2.56. The Bertz CT molecular complexity index is 591. The van der Waals surface area contributed by atoms with E-state index in [1.165, 1.54) is 5.51 Å². The van der Waals surface area contributed by atoms with Gasteiger partial charge in [-0.3, -0.25) is 0 Å². The minimum atomic E-state index is -3.82. The van der Waals surface area contributed by atoms with Crippen LogP contribution in [-0.4, -0.2) is 55.1 Å². The Morgan fingerprint density at radius 3 is 2.76 bits per heavy atom. The molecule has 1 aliphatic heterocycles. The van der Waals surface area contributed by atoms with Crippen LogP contribution in [0.2, 0.25) is 0 Å². The first kappa shape index (κ1) is 16.3. The predicted octanol–water partition coefficient (Wildman–Crippen LogP) is 0.994. The van der Waals surface area contributed by atoms with Crippen LogP contribution >= 0.6 is 11.3 Å². The third kappa shape index (κ3) is 4.00. The summed E-state index contributed by atoms with van der Waals surface area (Å²) in [4.78, 5) is 16.9. The molecule has 0 saturated carbocycles. The Morgan fingerprint density at radius 1 is 1.52 bits per heavy atom. The molecule has 1 aromatic rings. The second kappa shape index (κ2) is 6.82. The lowest BCUT2D eigenvalue weighted by molar-refractivity contribution is 0.0687. The van der Waals surface area contributed by atoms with Gasteiger partial charge in [0.2, 0.25) is 0 Å². The summed E-state index contributed by atoms with van der Waals surface area (Å²) < 4.78 is 26.9. The van der Waals surface area contributed by atoms with Crippen molar-refractivity contribution in [2.45, 2.75) is 36.4 Å². The number of carboxylic acids is 1. The summed E-state index contributed by atoms with van der Waals surface area (Å²) in [7, 11) is -3.82. The van der Waals surface area contributed by atoms with Gasteiger partial charge in [-0.15, -0.1) is 11.3 Å². The number of sulfonamides is 1. The second-order valence-electron chi connectivity index (χ2n) is 5.03. The van der Waals surface area contributed by atoms with E-state index in [1.54, 1.807) is 0 Å². The molecule has 0 bridgehead atoms. The van der Waals surface area contributed by atoms with Gasteiger partial charge in [-0.2, -0.15) is 0 Å². The molecule has 7 nitrogen and oxygen atoms in total. The van der Waals surface area contributed by atoms with Gasteiger partial charge < -0.3 is 10.0 Å². The molecule has 1 saturated heterocycles. The third-order valence-electron chi connectivity index (χ3n) is 3.43. The number of hydrogen-bond donors (Lipinski definition) is 2. The zero-order valence-electron chi connectivity index (χ0n) is 11.8. The highest BCUT2D eigenvalue weighted by Crippen LogP contribution is 2.21. The number of likely N-dealkylation sites (tertiary alicyclic amines) is 1. The van der Waals surface area contributed by atoms with Crippen molar-refractivity contribution in [3.05, 3.63) is 11.2 Å². The molecule has 0 spiro atoms. The number of thiazole rings is 1. The van der Waals surface area contributed by atoms with Crippen molar-refractivity contribution in [3.8, 4) is 0 Å². The van der Waals surface area contributed by atoms with Crippen LogP contribution in [0.1, 0.15) is 36.7 Å². The first-order valence-corrected chi connectivity index (χ1v) is 9.21. The van der Waals surface area contributed by atoms with E-state index in [4.69, 9.17) is 5.11 Å². The van der Waals surface area contributed by atoms with E-state index in [0.29, 0.717) is 0 Å². The second-order valence-corrected chi connectivity index (χ2v) is 7.79. The quantitative estimate of drug-likeness (QED) is 0.805. The number of carboxylic acid groups (broad SMARTS) is 1. The number of aromatic nitrogens is 1. The van der Waals surface area contributed by atoms with Crippen molar-refractivity contribution in [2.24, 2.45) is 0 Å². The minimum Gasteiger partial charge on any atom is -0.476 e. The number of aromatic carboxylic acids is 1. The maximum atomic E-state index is 12.3. The highest BCUT2D eigenvalue weighted by molar-refractivity contribution is 7.91.